The molecule has 1 fully saturated rings. The molecule has 2 aromatic carbocycles. The van der Waals surface area contributed by atoms with Gasteiger partial charge < -0.3 is 5.73 Å². The van der Waals surface area contributed by atoms with Gasteiger partial charge in [-0.1, -0.05) is 24.3 Å². The molecule has 6 heteroatoms. The predicted molar refractivity (Wildman–Crippen MR) is 110 cm³/mol. The number of likely N-dealkylation sites (tertiary alicyclic amines) is 1. The van der Waals surface area contributed by atoms with Crippen LogP contribution in [0.15, 0.2) is 60.9 Å². The number of halogens is 1. The normalized spacial score (nSPS) is 17.2. The number of aromatic nitrogens is 2. The molecule has 0 saturated carbocycles. The first kappa shape index (κ1) is 19.2. The minimum absolute atomic E-state index is 0.215. The first-order valence-electron chi connectivity index (χ1n) is 9.78. The van der Waals surface area contributed by atoms with Crippen molar-refractivity contribution in [1.82, 2.24) is 14.9 Å². The number of carbonyl (C=O) groups excluding carboxylic acids is 1. The van der Waals surface area contributed by atoms with Gasteiger partial charge in [0, 0.05) is 42.5 Å². The highest BCUT2D eigenvalue weighted by atomic mass is 19.1. The molecule has 1 atom stereocenters. The Hall–Kier alpha value is -3.12. The van der Waals surface area contributed by atoms with Crippen LogP contribution in [0.25, 0.3) is 11.3 Å². The Balaban J connectivity index is 1.57. The van der Waals surface area contributed by atoms with Crippen LogP contribution in [-0.2, 0) is 6.54 Å². The molecule has 0 aliphatic carbocycles. The lowest BCUT2D eigenvalue weighted by atomic mass is 9.91. The van der Waals surface area contributed by atoms with E-state index in [0.29, 0.717) is 5.56 Å². The molecule has 4 rings (SSSR count). The Bertz CT molecular complexity index is 1010. The molecule has 1 aliphatic heterocycles. The molecular formula is C23H23FN4O. The van der Waals surface area contributed by atoms with Gasteiger partial charge in [-0.2, -0.15) is 0 Å². The van der Waals surface area contributed by atoms with E-state index in [2.05, 4.69) is 14.9 Å². The van der Waals surface area contributed by atoms with Gasteiger partial charge in [0.1, 0.15) is 5.82 Å². The zero-order chi connectivity index (χ0) is 20.2. The van der Waals surface area contributed by atoms with Gasteiger partial charge in [-0.25, -0.2) is 4.39 Å². The number of carbonyl (C=O) groups is 1. The molecule has 2 heterocycles. The van der Waals surface area contributed by atoms with E-state index >= 15 is 0 Å². The van der Waals surface area contributed by atoms with Gasteiger partial charge in [-0.15, -0.1) is 0 Å². The van der Waals surface area contributed by atoms with Crippen LogP contribution in [0, 0.1) is 5.82 Å². The van der Waals surface area contributed by atoms with E-state index in [1.165, 1.54) is 12.1 Å². The number of amides is 1. The number of nitrogens with two attached hydrogens (primary N) is 1. The topological polar surface area (TPSA) is 72.1 Å². The molecule has 0 radical (unpaired) electrons. The lowest BCUT2D eigenvalue weighted by Gasteiger charge is -2.33. The minimum Gasteiger partial charge on any atom is -0.366 e. The number of primary amides is 1. The van der Waals surface area contributed by atoms with Gasteiger partial charge in [0.2, 0.25) is 5.91 Å². The first-order chi connectivity index (χ1) is 14.1. The predicted octanol–water partition coefficient (Wildman–Crippen LogP) is 3.76. The van der Waals surface area contributed by atoms with E-state index in [0.717, 1.165) is 55.0 Å². The summed E-state index contributed by atoms with van der Waals surface area (Å²) in [5.74, 6) is -0.432. The van der Waals surface area contributed by atoms with Crippen molar-refractivity contribution in [1.29, 1.82) is 0 Å². The van der Waals surface area contributed by atoms with Crippen LogP contribution < -0.4 is 5.73 Å². The van der Waals surface area contributed by atoms with Gasteiger partial charge in [0.15, 0.2) is 0 Å². The van der Waals surface area contributed by atoms with Crippen molar-refractivity contribution < 1.29 is 9.18 Å². The summed E-state index contributed by atoms with van der Waals surface area (Å²) in [6, 6.07) is 13.9. The summed E-state index contributed by atoms with van der Waals surface area (Å²) in [5.41, 5.74) is 9.58. The molecule has 1 amide bonds. The van der Waals surface area contributed by atoms with E-state index in [1.54, 1.807) is 24.5 Å². The minimum atomic E-state index is -0.458. The van der Waals surface area contributed by atoms with E-state index in [-0.39, 0.29) is 11.7 Å². The number of piperidine rings is 1. The van der Waals surface area contributed by atoms with E-state index in [9.17, 15) is 9.18 Å². The van der Waals surface area contributed by atoms with Crippen molar-refractivity contribution in [2.75, 3.05) is 13.1 Å². The fourth-order valence-electron chi connectivity index (χ4n) is 3.96. The Labute approximate surface area is 169 Å². The lowest BCUT2D eigenvalue weighted by Crippen LogP contribution is -2.34. The van der Waals surface area contributed by atoms with Gasteiger partial charge in [-0.05, 0) is 49.2 Å². The third kappa shape index (κ3) is 4.49. The maximum Gasteiger partial charge on any atom is 0.248 e. The van der Waals surface area contributed by atoms with Gasteiger partial charge in [0.05, 0.1) is 11.4 Å². The number of hydrogen-bond acceptors (Lipinski definition) is 4. The molecule has 0 unspecified atom stereocenters. The Morgan fingerprint density at radius 2 is 1.93 bits per heavy atom. The second-order valence-electron chi connectivity index (χ2n) is 7.44. The van der Waals surface area contributed by atoms with Crippen LogP contribution in [0.2, 0.25) is 0 Å². The van der Waals surface area contributed by atoms with Crippen LogP contribution in [0.1, 0.15) is 40.4 Å². The number of hydrogen-bond donors (Lipinski definition) is 1. The molecule has 2 N–H and O–H groups in total. The van der Waals surface area contributed by atoms with Crippen molar-refractivity contribution in [3.63, 3.8) is 0 Å². The van der Waals surface area contributed by atoms with Gasteiger partial charge >= 0.3 is 0 Å². The molecule has 1 saturated heterocycles. The second-order valence-corrected chi connectivity index (χ2v) is 7.44. The van der Waals surface area contributed by atoms with Crippen LogP contribution in [-0.4, -0.2) is 33.9 Å². The largest absolute Gasteiger partial charge is 0.366 e. The molecule has 1 aromatic heterocycles. The van der Waals surface area contributed by atoms with Crippen molar-refractivity contribution in [2.24, 2.45) is 5.73 Å². The summed E-state index contributed by atoms with van der Waals surface area (Å²) >= 11 is 0. The average Bonchev–Trinajstić information content (AvgIpc) is 2.76. The third-order valence-electron chi connectivity index (χ3n) is 5.36. The summed E-state index contributed by atoms with van der Waals surface area (Å²) in [5, 5.41) is 0. The molecule has 0 spiro atoms. The highest BCUT2D eigenvalue weighted by Crippen LogP contribution is 2.32. The fraction of sp³-hybridized carbons (Fsp3) is 0.261. The quantitative estimate of drug-likeness (QED) is 0.720. The Morgan fingerprint density at radius 3 is 2.72 bits per heavy atom. The standard InChI is InChI=1S/C23H23FN4O/c24-20-8-6-16(7-9-20)14-28-12-2-5-19(15-28)22-21(26-10-11-27-22)17-3-1-4-18(13-17)23(25)29/h1,3-4,6-11,13,19H,2,5,12,14-15H2,(H2,25,29)/t19-/m1/s1. The first-order valence-corrected chi connectivity index (χ1v) is 9.78. The molecule has 0 bridgehead atoms. The highest BCUT2D eigenvalue weighted by molar-refractivity contribution is 5.94. The molecule has 29 heavy (non-hydrogen) atoms. The molecule has 3 aromatic rings. The summed E-state index contributed by atoms with van der Waals surface area (Å²) in [6.45, 7) is 2.64. The smallest absolute Gasteiger partial charge is 0.248 e. The molecule has 5 nitrogen and oxygen atoms in total. The van der Waals surface area contributed by atoms with Gasteiger partial charge in [0.25, 0.3) is 0 Å². The van der Waals surface area contributed by atoms with Crippen LogP contribution in [0.5, 0.6) is 0 Å². The second kappa shape index (κ2) is 8.49. The number of rotatable bonds is 5. The molecule has 1 aliphatic rings. The van der Waals surface area contributed by atoms with E-state index in [4.69, 9.17) is 5.73 Å². The van der Waals surface area contributed by atoms with E-state index < -0.39 is 5.91 Å². The zero-order valence-corrected chi connectivity index (χ0v) is 16.1. The van der Waals surface area contributed by atoms with Crippen LogP contribution >= 0.6 is 0 Å². The lowest BCUT2D eigenvalue weighted by molar-refractivity contribution is 0.100. The average molecular weight is 390 g/mol. The highest BCUT2D eigenvalue weighted by Gasteiger charge is 2.25. The van der Waals surface area contributed by atoms with Crippen molar-refractivity contribution in [3.05, 3.63) is 83.6 Å². The van der Waals surface area contributed by atoms with Crippen molar-refractivity contribution in [2.45, 2.75) is 25.3 Å². The summed E-state index contributed by atoms with van der Waals surface area (Å²) in [7, 11) is 0. The van der Waals surface area contributed by atoms with Gasteiger partial charge in [-0.3, -0.25) is 19.7 Å². The number of nitrogens with zero attached hydrogens (tertiary/aromatic N) is 3. The maximum absolute atomic E-state index is 13.2. The fourth-order valence-corrected chi connectivity index (χ4v) is 3.96. The van der Waals surface area contributed by atoms with Crippen LogP contribution in [0.4, 0.5) is 4.39 Å². The van der Waals surface area contributed by atoms with Crippen molar-refractivity contribution >= 4 is 5.91 Å². The SMILES string of the molecule is NC(=O)c1cccc(-c2nccnc2[C@@H]2CCCN(Cc3ccc(F)cc3)C2)c1. The molecule has 148 valence electrons. The van der Waals surface area contributed by atoms with E-state index in [1.807, 2.05) is 24.3 Å². The Morgan fingerprint density at radius 1 is 1.14 bits per heavy atom. The van der Waals surface area contributed by atoms with Crippen molar-refractivity contribution in [3.8, 4) is 11.3 Å². The third-order valence-corrected chi connectivity index (χ3v) is 5.36. The summed E-state index contributed by atoms with van der Waals surface area (Å²) in [4.78, 5) is 23.2. The summed E-state index contributed by atoms with van der Waals surface area (Å²) in [6.07, 6.45) is 5.48. The van der Waals surface area contributed by atoms with Crippen LogP contribution in [0.3, 0.4) is 0 Å². The summed E-state index contributed by atoms with van der Waals surface area (Å²) < 4.78 is 13.2. The zero-order valence-electron chi connectivity index (χ0n) is 16.1. The maximum atomic E-state index is 13.2. The number of benzene rings is 2. The monoisotopic (exact) mass is 390 g/mol. The Kier molecular flexibility index (Phi) is 5.62. The molecular weight excluding hydrogens is 367 g/mol.